The van der Waals surface area contributed by atoms with E-state index in [1.54, 1.807) is 0 Å². The van der Waals surface area contributed by atoms with Crippen LogP contribution in [0.25, 0.3) is 0 Å². The van der Waals surface area contributed by atoms with Crippen LogP contribution in [0.4, 0.5) is 0 Å². The molecule has 2 atom stereocenters. The monoisotopic (exact) mass is 186 g/mol. The van der Waals surface area contributed by atoms with Gasteiger partial charge in [-0.25, -0.2) is 0 Å². The van der Waals surface area contributed by atoms with Crippen LogP contribution in [0.3, 0.4) is 0 Å². The summed E-state index contributed by atoms with van der Waals surface area (Å²) >= 11 is 0. The number of aliphatic carboxylic acids is 1. The minimum absolute atomic E-state index is 0.0152. The summed E-state index contributed by atoms with van der Waals surface area (Å²) in [5.41, 5.74) is 0. The maximum atomic E-state index is 10.7. The molecule has 5 nitrogen and oxygen atoms in total. The van der Waals surface area contributed by atoms with Crippen molar-refractivity contribution >= 4 is 11.9 Å². The molecule has 3 N–H and O–H groups in total. The fraction of sp³-hybridized carbons (Fsp3) is 0.750. The van der Waals surface area contributed by atoms with Gasteiger partial charge in [-0.1, -0.05) is 0 Å². The number of hydrogen-bond acceptors (Lipinski definition) is 3. The fourth-order valence-electron chi connectivity index (χ4n) is 1.60. The van der Waals surface area contributed by atoms with E-state index >= 15 is 0 Å². The molecule has 0 aliphatic carbocycles. The molecular weight excluding hydrogens is 172 g/mol. The molecule has 1 aliphatic heterocycles. The first kappa shape index (κ1) is 9.98. The Morgan fingerprint density at radius 1 is 1.54 bits per heavy atom. The summed E-state index contributed by atoms with van der Waals surface area (Å²) < 4.78 is 0. The second-order valence-electron chi connectivity index (χ2n) is 3.32. The van der Waals surface area contributed by atoms with Crippen LogP contribution in [0.2, 0.25) is 0 Å². The van der Waals surface area contributed by atoms with Crippen molar-refractivity contribution < 1.29 is 14.7 Å². The molecule has 0 saturated carbocycles. The molecule has 1 amide bonds. The van der Waals surface area contributed by atoms with Crippen molar-refractivity contribution in [2.75, 3.05) is 13.1 Å². The van der Waals surface area contributed by atoms with Gasteiger partial charge in [0, 0.05) is 32.0 Å². The smallest absolute Gasteiger partial charge is 0.303 e. The summed E-state index contributed by atoms with van der Waals surface area (Å²) in [6.07, 6.45) is 0.109. The molecule has 0 unspecified atom stereocenters. The number of carbonyl (C=O) groups is 2. The van der Waals surface area contributed by atoms with Crippen LogP contribution in [-0.4, -0.2) is 36.1 Å². The molecule has 1 fully saturated rings. The predicted molar refractivity (Wildman–Crippen MR) is 46.2 cm³/mol. The van der Waals surface area contributed by atoms with E-state index in [0.717, 1.165) is 0 Å². The zero-order chi connectivity index (χ0) is 9.84. The van der Waals surface area contributed by atoms with E-state index in [-0.39, 0.29) is 24.3 Å². The van der Waals surface area contributed by atoms with E-state index in [1.165, 1.54) is 6.92 Å². The Morgan fingerprint density at radius 3 is 2.77 bits per heavy atom. The highest BCUT2D eigenvalue weighted by Crippen LogP contribution is 2.13. The normalized spacial score (nSPS) is 27.2. The maximum absolute atomic E-state index is 10.7. The van der Waals surface area contributed by atoms with Gasteiger partial charge < -0.3 is 15.7 Å². The average molecular weight is 186 g/mol. The van der Waals surface area contributed by atoms with Gasteiger partial charge in [0.2, 0.25) is 5.91 Å². The summed E-state index contributed by atoms with van der Waals surface area (Å²) in [5, 5.41) is 14.4. The van der Waals surface area contributed by atoms with Crippen LogP contribution in [0.5, 0.6) is 0 Å². The van der Waals surface area contributed by atoms with Gasteiger partial charge >= 0.3 is 5.97 Å². The molecule has 1 saturated heterocycles. The molecule has 1 aliphatic rings. The first-order valence-corrected chi connectivity index (χ1v) is 4.29. The largest absolute Gasteiger partial charge is 0.481 e. The van der Waals surface area contributed by atoms with Crippen molar-refractivity contribution in [2.45, 2.75) is 19.4 Å². The molecule has 1 rings (SSSR count). The van der Waals surface area contributed by atoms with Crippen molar-refractivity contribution in [1.29, 1.82) is 0 Å². The van der Waals surface area contributed by atoms with Gasteiger partial charge in [-0.3, -0.25) is 9.59 Å². The number of amides is 1. The molecule has 0 radical (unpaired) electrons. The van der Waals surface area contributed by atoms with Crippen LogP contribution in [0.15, 0.2) is 0 Å². The van der Waals surface area contributed by atoms with Crippen molar-refractivity contribution in [3.05, 3.63) is 0 Å². The number of carboxylic acid groups (broad SMARTS) is 1. The average Bonchev–Trinajstić information content (AvgIpc) is 2.34. The van der Waals surface area contributed by atoms with E-state index in [0.29, 0.717) is 13.1 Å². The predicted octanol–water partition coefficient (Wildman–Crippen LogP) is -0.815. The summed E-state index contributed by atoms with van der Waals surface area (Å²) in [4.78, 5) is 21.2. The van der Waals surface area contributed by atoms with Crippen LogP contribution >= 0.6 is 0 Å². The highest BCUT2D eigenvalue weighted by molar-refractivity contribution is 5.73. The van der Waals surface area contributed by atoms with E-state index in [9.17, 15) is 9.59 Å². The third-order valence-corrected chi connectivity index (χ3v) is 2.17. The molecule has 0 spiro atoms. The molecule has 0 aromatic rings. The van der Waals surface area contributed by atoms with Crippen molar-refractivity contribution in [3.63, 3.8) is 0 Å². The lowest BCUT2D eigenvalue weighted by Crippen LogP contribution is -2.39. The summed E-state index contributed by atoms with van der Waals surface area (Å²) in [6, 6.07) is -0.0337. The van der Waals surface area contributed by atoms with Gasteiger partial charge in [0.1, 0.15) is 0 Å². The lowest BCUT2D eigenvalue weighted by Gasteiger charge is -2.16. The minimum atomic E-state index is -0.816. The third-order valence-electron chi connectivity index (χ3n) is 2.17. The SMILES string of the molecule is CC(=O)N[C@H]1CNC[C@H]1CC(=O)O. The number of nitrogens with one attached hydrogen (secondary N) is 2. The fourth-order valence-corrected chi connectivity index (χ4v) is 1.60. The van der Waals surface area contributed by atoms with Crippen molar-refractivity contribution in [3.8, 4) is 0 Å². The Morgan fingerprint density at radius 2 is 2.23 bits per heavy atom. The standard InChI is InChI=1S/C8H14N2O3/c1-5(11)10-7-4-9-3-6(7)2-8(12)13/h6-7,9H,2-4H2,1H3,(H,10,11)(H,12,13)/t6-,7+/m1/s1. The highest BCUT2D eigenvalue weighted by Gasteiger charge is 2.29. The third kappa shape index (κ3) is 3.02. The number of rotatable bonds is 3. The molecule has 0 bridgehead atoms. The number of carboxylic acids is 1. The van der Waals surface area contributed by atoms with Gasteiger partial charge in [-0.2, -0.15) is 0 Å². The molecule has 74 valence electrons. The Hall–Kier alpha value is -1.10. The van der Waals surface area contributed by atoms with Crippen LogP contribution in [0, 0.1) is 5.92 Å². The zero-order valence-electron chi connectivity index (χ0n) is 7.54. The molecule has 0 aromatic heterocycles. The van der Waals surface area contributed by atoms with E-state index in [2.05, 4.69) is 10.6 Å². The first-order chi connectivity index (χ1) is 6.09. The van der Waals surface area contributed by atoms with Crippen LogP contribution in [0.1, 0.15) is 13.3 Å². The topological polar surface area (TPSA) is 78.4 Å². The van der Waals surface area contributed by atoms with E-state index in [1.807, 2.05) is 0 Å². The summed E-state index contributed by atoms with van der Waals surface area (Å²) in [6.45, 7) is 2.77. The quantitative estimate of drug-likeness (QED) is 0.538. The maximum Gasteiger partial charge on any atom is 0.303 e. The van der Waals surface area contributed by atoms with Crippen LogP contribution in [-0.2, 0) is 9.59 Å². The molecule has 13 heavy (non-hydrogen) atoms. The second-order valence-corrected chi connectivity index (χ2v) is 3.32. The molecule has 0 aromatic carbocycles. The van der Waals surface area contributed by atoms with Gasteiger partial charge in [0.15, 0.2) is 0 Å². The molecule has 1 heterocycles. The minimum Gasteiger partial charge on any atom is -0.481 e. The summed E-state index contributed by atoms with van der Waals surface area (Å²) in [5.74, 6) is -0.908. The second kappa shape index (κ2) is 4.23. The molecular formula is C8H14N2O3. The van der Waals surface area contributed by atoms with Gasteiger partial charge in [-0.05, 0) is 0 Å². The lowest BCUT2D eigenvalue weighted by molar-refractivity contribution is -0.138. The van der Waals surface area contributed by atoms with Crippen LogP contribution < -0.4 is 10.6 Å². The first-order valence-electron chi connectivity index (χ1n) is 4.29. The Kier molecular flexibility index (Phi) is 3.25. The van der Waals surface area contributed by atoms with Crippen molar-refractivity contribution in [1.82, 2.24) is 10.6 Å². The van der Waals surface area contributed by atoms with Crippen molar-refractivity contribution in [2.24, 2.45) is 5.92 Å². The van der Waals surface area contributed by atoms with Gasteiger partial charge in [-0.15, -0.1) is 0 Å². The zero-order valence-corrected chi connectivity index (χ0v) is 7.54. The molecule has 5 heteroatoms. The Labute approximate surface area is 76.5 Å². The Bertz CT molecular complexity index is 195. The lowest BCUT2D eigenvalue weighted by atomic mass is 10.00. The highest BCUT2D eigenvalue weighted by atomic mass is 16.4. The Balaban J connectivity index is 2.43. The number of carbonyl (C=O) groups excluding carboxylic acids is 1. The summed E-state index contributed by atoms with van der Waals surface area (Å²) in [7, 11) is 0. The van der Waals surface area contributed by atoms with E-state index < -0.39 is 5.97 Å². The van der Waals surface area contributed by atoms with E-state index in [4.69, 9.17) is 5.11 Å². The van der Waals surface area contributed by atoms with Gasteiger partial charge in [0.05, 0.1) is 6.42 Å². The number of hydrogen-bond donors (Lipinski definition) is 3. The van der Waals surface area contributed by atoms with Gasteiger partial charge in [0.25, 0.3) is 0 Å².